The highest BCUT2D eigenvalue weighted by atomic mass is 35.5. The normalized spacial score (nSPS) is 11.3. The summed E-state index contributed by atoms with van der Waals surface area (Å²) in [5.74, 6) is -0.690. The zero-order chi connectivity index (χ0) is 16.7. The fourth-order valence-corrected chi connectivity index (χ4v) is 1.86. The van der Waals surface area contributed by atoms with Crippen LogP contribution in [0.5, 0.6) is 0 Å². The standard InChI is InChI=1S/C14H19ClN4O3/c1-4-16-14(22)19-13(21)8(2)17-10-5-6-12(11(15)7-10)18-9(3)20/h5-8,17H,4H2,1-3H3,(H,18,20)(H2,16,19,21,22)/t8-/m1/s1. The van der Waals surface area contributed by atoms with E-state index in [2.05, 4.69) is 21.3 Å². The fraction of sp³-hybridized carbons (Fsp3) is 0.357. The van der Waals surface area contributed by atoms with Crippen LogP contribution in [-0.2, 0) is 9.59 Å². The Morgan fingerprint density at radius 3 is 2.50 bits per heavy atom. The topological polar surface area (TPSA) is 99.3 Å². The van der Waals surface area contributed by atoms with Crippen molar-refractivity contribution in [3.8, 4) is 0 Å². The second kappa shape index (κ2) is 8.23. The van der Waals surface area contributed by atoms with E-state index in [0.29, 0.717) is 22.9 Å². The third kappa shape index (κ3) is 5.61. The Labute approximate surface area is 133 Å². The molecular weight excluding hydrogens is 308 g/mol. The minimum Gasteiger partial charge on any atom is -0.374 e. The zero-order valence-corrected chi connectivity index (χ0v) is 13.4. The average molecular weight is 327 g/mol. The highest BCUT2D eigenvalue weighted by molar-refractivity contribution is 6.34. The molecule has 1 aromatic rings. The second-order valence-electron chi connectivity index (χ2n) is 4.59. The van der Waals surface area contributed by atoms with Crippen molar-refractivity contribution in [2.24, 2.45) is 0 Å². The van der Waals surface area contributed by atoms with E-state index in [4.69, 9.17) is 11.6 Å². The first-order chi connectivity index (χ1) is 10.3. The number of anilines is 2. The molecule has 0 unspecified atom stereocenters. The molecule has 8 heteroatoms. The average Bonchev–Trinajstić information content (AvgIpc) is 2.41. The van der Waals surface area contributed by atoms with Crippen LogP contribution in [0.3, 0.4) is 0 Å². The minimum atomic E-state index is -0.634. The van der Waals surface area contributed by atoms with E-state index in [-0.39, 0.29) is 5.91 Å². The van der Waals surface area contributed by atoms with E-state index in [1.807, 2.05) is 0 Å². The maximum atomic E-state index is 11.8. The molecule has 0 fully saturated rings. The minimum absolute atomic E-state index is 0.225. The van der Waals surface area contributed by atoms with Crippen LogP contribution >= 0.6 is 11.6 Å². The molecule has 120 valence electrons. The summed E-state index contributed by atoms with van der Waals surface area (Å²) in [6.07, 6.45) is 0. The van der Waals surface area contributed by atoms with Crippen molar-refractivity contribution >= 4 is 40.8 Å². The van der Waals surface area contributed by atoms with Crippen LogP contribution < -0.4 is 21.3 Å². The Morgan fingerprint density at radius 2 is 1.95 bits per heavy atom. The number of carbonyl (C=O) groups excluding carboxylic acids is 3. The van der Waals surface area contributed by atoms with Gasteiger partial charge in [0, 0.05) is 19.2 Å². The van der Waals surface area contributed by atoms with E-state index < -0.39 is 18.0 Å². The Kier molecular flexibility index (Phi) is 6.65. The number of hydrogen-bond acceptors (Lipinski definition) is 4. The summed E-state index contributed by atoms with van der Waals surface area (Å²) in [6.45, 7) is 5.19. The first-order valence-electron chi connectivity index (χ1n) is 6.75. The van der Waals surface area contributed by atoms with Crippen LogP contribution in [0.2, 0.25) is 5.02 Å². The van der Waals surface area contributed by atoms with Gasteiger partial charge in [0.15, 0.2) is 0 Å². The summed E-state index contributed by atoms with van der Waals surface area (Å²) in [4.78, 5) is 34.1. The number of halogens is 1. The maximum Gasteiger partial charge on any atom is 0.321 e. The van der Waals surface area contributed by atoms with Crippen LogP contribution in [0.15, 0.2) is 18.2 Å². The third-order valence-corrected chi connectivity index (χ3v) is 2.94. The monoisotopic (exact) mass is 326 g/mol. The maximum absolute atomic E-state index is 11.8. The van der Waals surface area contributed by atoms with E-state index in [1.54, 1.807) is 32.0 Å². The smallest absolute Gasteiger partial charge is 0.321 e. The van der Waals surface area contributed by atoms with Crippen molar-refractivity contribution in [1.29, 1.82) is 0 Å². The predicted molar refractivity (Wildman–Crippen MR) is 86.1 cm³/mol. The van der Waals surface area contributed by atoms with Gasteiger partial charge in [0.25, 0.3) is 0 Å². The molecule has 0 aromatic heterocycles. The lowest BCUT2D eigenvalue weighted by molar-refractivity contribution is -0.120. The molecule has 0 aliphatic rings. The molecular formula is C14H19ClN4O3. The lowest BCUT2D eigenvalue weighted by Gasteiger charge is -2.16. The quantitative estimate of drug-likeness (QED) is 0.664. The Bertz CT molecular complexity index is 577. The summed E-state index contributed by atoms with van der Waals surface area (Å²) in [5, 5.41) is 10.5. The lowest BCUT2D eigenvalue weighted by Crippen LogP contribution is -2.45. The van der Waals surface area contributed by atoms with Gasteiger partial charge in [-0.15, -0.1) is 0 Å². The van der Waals surface area contributed by atoms with Crippen molar-refractivity contribution in [3.05, 3.63) is 23.2 Å². The van der Waals surface area contributed by atoms with E-state index >= 15 is 0 Å². The van der Waals surface area contributed by atoms with Crippen LogP contribution in [-0.4, -0.2) is 30.4 Å². The van der Waals surface area contributed by atoms with Gasteiger partial charge < -0.3 is 16.0 Å². The molecule has 7 nitrogen and oxygen atoms in total. The van der Waals surface area contributed by atoms with Crippen molar-refractivity contribution in [3.63, 3.8) is 0 Å². The van der Waals surface area contributed by atoms with Crippen LogP contribution in [0.4, 0.5) is 16.2 Å². The number of amides is 4. The van der Waals surface area contributed by atoms with Gasteiger partial charge in [-0.2, -0.15) is 0 Å². The molecule has 0 aliphatic carbocycles. The first-order valence-corrected chi connectivity index (χ1v) is 7.13. The van der Waals surface area contributed by atoms with Crippen LogP contribution in [0.1, 0.15) is 20.8 Å². The molecule has 0 saturated carbocycles. The van der Waals surface area contributed by atoms with Gasteiger partial charge in [0.05, 0.1) is 10.7 Å². The highest BCUT2D eigenvalue weighted by Crippen LogP contribution is 2.25. The molecule has 22 heavy (non-hydrogen) atoms. The van der Waals surface area contributed by atoms with Crippen molar-refractivity contribution in [2.45, 2.75) is 26.8 Å². The Hall–Kier alpha value is -2.28. The van der Waals surface area contributed by atoms with E-state index in [0.717, 1.165) is 0 Å². The van der Waals surface area contributed by atoms with E-state index in [1.165, 1.54) is 6.92 Å². The Balaban J connectivity index is 2.66. The number of urea groups is 1. The number of hydrogen-bond donors (Lipinski definition) is 4. The summed E-state index contributed by atoms with van der Waals surface area (Å²) < 4.78 is 0. The summed E-state index contributed by atoms with van der Waals surface area (Å²) in [5.41, 5.74) is 1.08. The molecule has 1 atom stereocenters. The Morgan fingerprint density at radius 1 is 1.27 bits per heavy atom. The molecule has 4 amide bonds. The van der Waals surface area contributed by atoms with Gasteiger partial charge in [0.1, 0.15) is 6.04 Å². The molecule has 0 heterocycles. The molecule has 1 aromatic carbocycles. The molecule has 1 rings (SSSR count). The van der Waals surface area contributed by atoms with Crippen molar-refractivity contribution in [1.82, 2.24) is 10.6 Å². The van der Waals surface area contributed by atoms with Gasteiger partial charge in [-0.1, -0.05) is 11.6 Å². The second-order valence-corrected chi connectivity index (χ2v) is 5.00. The number of benzene rings is 1. The van der Waals surface area contributed by atoms with E-state index in [9.17, 15) is 14.4 Å². The molecule has 0 saturated heterocycles. The van der Waals surface area contributed by atoms with Crippen molar-refractivity contribution in [2.75, 3.05) is 17.2 Å². The molecule has 4 N–H and O–H groups in total. The lowest BCUT2D eigenvalue weighted by atomic mass is 10.2. The molecule has 0 spiro atoms. The number of carbonyl (C=O) groups is 3. The van der Waals surface area contributed by atoms with Gasteiger partial charge in [-0.05, 0) is 32.0 Å². The molecule has 0 radical (unpaired) electrons. The summed E-state index contributed by atoms with van der Waals surface area (Å²) in [6, 6.07) is 3.71. The third-order valence-electron chi connectivity index (χ3n) is 2.63. The molecule has 0 bridgehead atoms. The van der Waals surface area contributed by atoms with Gasteiger partial charge >= 0.3 is 6.03 Å². The summed E-state index contributed by atoms with van der Waals surface area (Å²) in [7, 11) is 0. The number of rotatable bonds is 5. The SMILES string of the molecule is CCNC(=O)NC(=O)[C@@H](C)Nc1ccc(NC(C)=O)c(Cl)c1. The highest BCUT2D eigenvalue weighted by Gasteiger charge is 2.15. The van der Waals surface area contributed by atoms with Gasteiger partial charge in [0.2, 0.25) is 11.8 Å². The van der Waals surface area contributed by atoms with Crippen molar-refractivity contribution < 1.29 is 14.4 Å². The zero-order valence-electron chi connectivity index (χ0n) is 12.6. The molecule has 0 aliphatic heterocycles. The van der Waals surface area contributed by atoms with Crippen LogP contribution in [0.25, 0.3) is 0 Å². The fourth-order valence-electron chi connectivity index (χ4n) is 1.64. The van der Waals surface area contributed by atoms with Gasteiger partial charge in [-0.3, -0.25) is 14.9 Å². The predicted octanol–water partition coefficient (Wildman–Crippen LogP) is 1.94. The largest absolute Gasteiger partial charge is 0.374 e. The number of nitrogens with one attached hydrogen (secondary N) is 4. The summed E-state index contributed by atoms with van der Waals surface area (Å²) >= 11 is 6.04. The van der Waals surface area contributed by atoms with Crippen LogP contribution in [0, 0.1) is 0 Å². The van der Waals surface area contributed by atoms with Gasteiger partial charge in [-0.25, -0.2) is 4.79 Å². The first kappa shape index (κ1) is 17.8. The number of imide groups is 1.